The standard InChI is InChI=1S/C11H22N2.C2H6/c1-9(12-10-4-5-10)11(6-7-11)8-13(2)3;1-2/h9-10,12H,4-8H2,1-3H3;1-2H3. The fourth-order valence-corrected chi connectivity index (χ4v) is 2.30. The van der Waals surface area contributed by atoms with Crippen molar-refractivity contribution in [3.8, 4) is 0 Å². The second kappa shape index (κ2) is 5.31. The molecule has 0 aromatic rings. The summed E-state index contributed by atoms with van der Waals surface area (Å²) in [5, 5.41) is 3.74. The molecule has 1 unspecified atom stereocenters. The average Bonchev–Trinajstić information content (AvgIpc) is 3.03. The van der Waals surface area contributed by atoms with Crippen molar-refractivity contribution in [1.29, 1.82) is 0 Å². The fraction of sp³-hybridized carbons (Fsp3) is 1.00. The van der Waals surface area contributed by atoms with Crippen LogP contribution in [0.4, 0.5) is 0 Å². The Labute approximate surface area is 95.4 Å². The van der Waals surface area contributed by atoms with Crippen LogP contribution in [0.3, 0.4) is 0 Å². The molecule has 0 spiro atoms. The zero-order chi connectivity index (χ0) is 11.5. The van der Waals surface area contributed by atoms with E-state index in [2.05, 4.69) is 31.2 Å². The molecule has 2 fully saturated rings. The Morgan fingerprint density at radius 3 is 2.13 bits per heavy atom. The second-order valence-corrected chi connectivity index (χ2v) is 5.26. The van der Waals surface area contributed by atoms with Gasteiger partial charge in [-0.3, -0.25) is 0 Å². The third-order valence-corrected chi connectivity index (χ3v) is 3.50. The van der Waals surface area contributed by atoms with Crippen LogP contribution in [0, 0.1) is 5.41 Å². The topological polar surface area (TPSA) is 15.3 Å². The molecule has 0 heterocycles. The molecular formula is C13H28N2. The minimum atomic E-state index is 0.617. The maximum Gasteiger partial charge on any atom is 0.0110 e. The molecule has 0 saturated heterocycles. The number of hydrogen-bond acceptors (Lipinski definition) is 2. The Morgan fingerprint density at radius 2 is 1.80 bits per heavy atom. The molecule has 0 amide bonds. The van der Waals surface area contributed by atoms with Crippen molar-refractivity contribution in [1.82, 2.24) is 10.2 Å². The lowest BCUT2D eigenvalue weighted by atomic mass is 9.97. The van der Waals surface area contributed by atoms with E-state index in [-0.39, 0.29) is 0 Å². The number of nitrogens with one attached hydrogen (secondary N) is 1. The van der Waals surface area contributed by atoms with Gasteiger partial charge in [-0.15, -0.1) is 0 Å². The van der Waals surface area contributed by atoms with Crippen molar-refractivity contribution in [2.75, 3.05) is 20.6 Å². The first-order valence-corrected chi connectivity index (χ1v) is 6.53. The minimum absolute atomic E-state index is 0.617. The largest absolute Gasteiger partial charge is 0.311 e. The van der Waals surface area contributed by atoms with Gasteiger partial charge in [0.1, 0.15) is 0 Å². The molecule has 2 rings (SSSR count). The lowest BCUT2D eigenvalue weighted by molar-refractivity contribution is 0.251. The van der Waals surface area contributed by atoms with Gasteiger partial charge in [-0.05, 0) is 52.1 Å². The summed E-state index contributed by atoms with van der Waals surface area (Å²) in [6.07, 6.45) is 5.66. The Bertz CT molecular complexity index is 181. The molecule has 1 atom stereocenters. The number of hydrogen-bond donors (Lipinski definition) is 1. The van der Waals surface area contributed by atoms with Crippen LogP contribution in [-0.2, 0) is 0 Å². The van der Waals surface area contributed by atoms with Crippen LogP contribution in [0.25, 0.3) is 0 Å². The maximum absolute atomic E-state index is 3.74. The van der Waals surface area contributed by atoms with Gasteiger partial charge in [-0.2, -0.15) is 0 Å². The third kappa shape index (κ3) is 3.76. The maximum atomic E-state index is 3.74. The third-order valence-electron chi connectivity index (χ3n) is 3.50. The molecule has 90 valence electrons. The van der Waals surface area contributed by atoms with E-state index in [0.717, 1.165) is 12.1 Å². The lowest BCUT2D eigenvalue weighted by Gasteiger charge is -2.27. The van der Waals surface area contributed by atoms with E-state index in [0.29, 0.717) is 5.41 Å². The SMILES string of the molecule is CC.CC(NC1CC1)C1(CN(C)C)CC1. The van der Waals surface area contributed by atoms with Gasteiger partial charge in [0.05, 0.1) is 0 Å². The van der Waals surface area contributed by atoms with Crippen molar-refractivity contribution in [3.63, 3.8) is 0 Å². The molecule has 0 bridgehead atoms. The zero-order valence-corrected chi connectivity index (χ0v) is 11.1. The molecule has 0 aromatic heterocycles. The highest BCUT2D eigenvalue weighted by molar-refractivity contribution is 5.03. The Morgan fingerprint density at radius 1 is 1.27 bits per heavy atom. The summed E-state index contributed by atoms with van der Waals surface area (Å²) >= 11 is 0. The van der Waals surface area contributed by atoms with Gasteiger partial charge in [0.15, 0.2) is 0 Å². The first kappa shape index (κ1) is 13.0. The summed E-state index contributed by atoms with van der Waals surface area (Å²) in [5.41, 5.74) is 0.617. The predicted octanol–water partition coefficient (Wildman–Crippen LogP) is 2.49. The molecule has 0 aliphatic heterocycles. The molecule has 2 aliphatic rings. The van der Waals surface area contributed by atoms with Crippen molar-refractivity contribution < 1.29 is 0 Å². The van der Waals surface area contributed by atoms with E-state index >= 15 is 0 Å². The van der Waals surface area contributed by atoms with Gasteiger partial charge in [-0.1, -0.05) is 13.8 Å². The van der Waals surface area contributed by atoms with Gasteiger partial charge in [0.2, 0.25) is 0 Å². The fourth-order valence-electron chi connectivity index (χ4n) is 2.30. The highest BCUT2D eigenvalue weighted by Crippen LogP contribution is 2.49. The predicted molar refractivity (Wildman–Crippen MR) is 67.2 cm³/mol. The molecular weight excluding hydrogens is 184 g/mol. The molecule has 2 nitrogen and oxygen atoms in total. The molecule has 2 aliphatic carbocycles. The number of rotatable bonds is 5. The van der Waals surface area contributed by atoms with E-state index in [1.807, 2.05) is 13.8 Å². The van der Waals surface area contributed by atoms with E-state index in [1.54, 1.807) is 0 Å². The van der Waals surface area contributed by atoms with E-state index < -0.39 is 0 Å². The van der Waals surface area contributed by atoms with Crippen LogP contribution >= 0.6 is 0 Å². The van der Waals surface area contributed by atoms with Gasteiger partial charge < -0.3 is 10.2 Å². The normalized spacial score (nSPS) is 24.4. The summed E-state index contributed by atoms with van der Waals surface area (Å²) in [4.78, 5) is 2.33. The summed E-state index contributed by atoms with van der Waals surface area (Å²) in [7, 11) is 4.37. The Kier molecular flexibility index (Phi) is 4.60. The first-order chi connectivity index (χ1) is 7.12. The van der Waals surface area contributed by atoms with Crippen LogP contribution in [0.15, 0.2) is 0 Å². The molecule has 2 saturated carbocycles. The summed E-state index contributed by atoms with van der Waals surface area (Å²) in [6.45, 7) is 7.63. The van der Waals surface area contributed by atoms with Crippen LogP contribution in [0.5, 0.6) is 0 Å². The monoisotopic (exact) mass is 212 g/mol. The van der Waals surface area contributed by atoms with Crippen molar-refractivity contribution >= 4 is 0 Å². The zero-order valence-electron chi connectivity index (χ0n) is 11.1. The molecule has 1 N–H and O–H groups in total. The number of nitrogens with zero attached hydrogens (tertiary/aromatic N) is 1. The van der Waals surface area contributed by atoms with Gasteiger partial charge >= 0.3 is 0 Å². The lowest BCUT2D eigenvalue weighted by Crippen LogP contribution is -2.41. The Hall–Kier alpha value is -0.0800. The smallest absolute Gasteiger partial charge is 0.0110 e. The van der Waals surface area contributed by atoms with Crippen molar-refractivity contribution in [2.45, 2.75) is 58.5 Å². The molecule has 0 radical (unpaired) electrons. The van der Waals surface area contributed by atoms with Crippen LogP contribution < -0.4 is 5.32 Å². The summed E-state index contributed by atoms with van der Waals surface area (Å²) in [6, 6.07) is 1.58. The minimum Gasteiger partial charge on any atom is -0.311 e. The van der Waals surface area contributed by atoms with Gasteiger partial charge in [0.25, 0.3) is 0 Å². The quantitative estimate of drug-likeness (QED) is 0.753. The molecule has 15 heavy (non-hydrogen) atoms. The van der Waals surface area contributed by atoms with Gasteiger partial charge in [0, 0.05) is 18.6 Å². The second-order valence-electron chi connectivity index (χ2n) is 5.26. The van der Waals surface area contributed by atoms with Crippen molar-refractivity contribution in [2.24, 2.45) is 5.41 Å². The van der Waals surface area contributed by atoms with Crippen LogP contribution in [0.2, 0.25) is 0 Å². The van der Waals surface area contributed by atoms with Crippen molar-refractivity contribution in [3.05, 3.63) is 0 Å². The molecule has 2 heteroatoms. The van der Waals surface area contributed by atoms with E-state index in [9.17, 15) is 0 Å². The highest BCUT2D eigenvalue weighted by Gasteiger charge is 2.48. The van der Waals surface area contributed by atoms with E-state index in [1.165, 1.54) is 32.2 Å². The van der Waals surface area contributed by atoms with Crippen LogP contribution in [0.1, 0.15) is 46.5 Å². The first-order valence-electron chi connectivity index (χ1n) is 6.53. The average molecular weight is 212 g/mol. The highest BCUT2D eigenvalue weighted by atomic mass is 15.1. The Balaban J connectivity index is 0.000000531. The van der Waals surface area contributed by atoms with Gasteiger partial charge in [-0.25, -0.2) is 0 Å². The summed E-state index contributed by atoms with van der Waals surface area (Å²) in [5.74, 6) is 0. The van der Waals surface area contributed by atoms with Crippen LogP contribution in [-0.4, -0.2) is 37.6 Å². The van der Waals surface area contributed by atoms with E-state index in [4.69, 9.17) is 0 Å². The molecule has 0 aromatic carbocycles. The summed E-state index contributed by atoms with van der Waals surface area (Å²) < 4.78 is 0.